The Labute approximate surface area is 188 Å². The fraction of sp³-hybridized carbons (Fsp3) is 0.462. The number of nitrogens with zero attached hydrogens (tertiary/aromatic N) is 2. The normalized spacial score (nSPS) is 22.9. The van der Waals surface area contributed by atoms with Crippen LogP contribution in [-0.2, 0) is 0 Å². The number of hydrogen-bond acceptors (Lipinski definition) is 5. The topological polar surface area (TPSA) is 67.5 Å². The molecule has 2 aliphatic rings. The highest BCUT2D eigenvalue weighted by atomic mass is 16.5. The highest BCUT2D eigenvalue weighted by molar-refractivity contribution is 5.94. The van der Waals surface area contributed by atoms with Crippen LogP contribution in [0.25, 0.3) is 10.9 Å². The lowest BCUT2D eigenvalue weighted by Gasteiger charge is -2.38. The molecule has 0 saturated carbocycles. The second kappa shape index (κ2) is 8.94. The van der Waals surface area contributed by atoms with E-state index in [2.05, 4.69) is 39.4 Å². The molecule has 3 heterocycles. The Morgan fingerprint density at radius 2 is 1.91 bits per heavy atom. The number of fused-ring (bicyclic) bond motifs is 3. The first kappa shape index (κ1) is 21.0. The van der Waals surface area contributed by atoms with Crippen molar-refractivity contribution in [2.24, 2.45) is 0 Å². The fourth-order valence-electron chi connectivity index (χ4n) is 5.59. The van der Waals surface area contributed by atoms with Crippen molar-refractivity contribution in [1.82, 2.24) is 15.1 Å². The maximum absolute atomic E-state index is 11.6. The fourth-order valence-corrected chi connectivity index (χ4v) is 5.59. The Bertz CT molecular complexity index is 1090. The standard InChI is InChI=1S/C26H31N3O3/c1-17(30)18-8-11-24(25(16-18)31-2)32-13-5-12-29-20-9-10-21(29)15-19(14-20)26-22-6-3-4-7-23(22)27-28-26/h3-4,6-8,11,16,19-21H,5,9-10,12-15H2,1-2H3,(H,27,28). The van der Waals surface area contributed by atoms with Crippen molar-refractivity contribution in [3.05, 3.63) is 53.7 Å². The van der Waals surface area contributed by atoms with Crippen LogP contribution < -0.4 is 9.47 Å². The molecule has 1 N–H and O–H groups in total. The summed E-state index contributed by atoms with van der Waals surface area (Å²) in [5.41, 5.74) is 3.03. The zero-order chi connectivity index (χ0) is 22.1. The molecule has 2 fully saturated rings. The molecule has 5 rings (SSSR count). The summed E-state index contributed by atoms with van der Waals surface area (Å²) in [6.07, 6.45) is 5.91. The van der Waals surface area contributed by atoms with Crippen LogP contribution in [0.2, 0.25) is 0 Å². The van der Waals surface area contributed by atoms with E-state index in [4.69, 9.17) is 9.47 Å². The number of methoxy groups -OCH3 is 1. The Morgan fingerprint density at radius 1 is 1.12 bits per heavy atom. The highest BCUT2D eigenvalue weighted by Crippen LogP contribution is 2.44. The number of hydrogen-bond donors (Lipinski definition) is 1. The quantitative estimate of drug-likeness (QED) is 0.402. The molecule has 0 aliphatic carbocycles. The lowest BCUT2D eigenvalue weighted by Crippen LogP contribution is -2.43. The van der Waals surface area contributed by atoms with Gasteiger partial charge < -0.3 is 9.47 Å². The number of H-pyrrole nitrogens is 1. The summed E-state index contributed by atoms with van der Waals surface area (Å²) < 4.78 is 11.4. The van der Waals surface area contributed by atoms with Gasteiger partial charge in [-0.05, 0) is 63.3 Å². The zero-order valence-corrected chi connectivity index (χ0v) is 18.8. The van der Waals surface area contributed by atoms with Crippen LogP contribution in [0.15, 0.2) is 42.5 Å². The van der Waals surface area contributed by atoms with Gasteiger partial charge in [0.05, 0.1) is 24.9 Å². The number of aromatic nitrogens is 2. The van der Waals surface area contributed by atoms with Crippen molar-refractivity contribution >= 4 is 16.7 Å². The van der Waals surface area contributed by atoms with Gasteiger partial charge in [0.2, 0.25) is 0 Å². The van der Waals surface area contributed by atoms with Gasteiger partial charge >= 0.3 is 0 Å². The number of carbonyl (C=O) groups is 1. The van der Waals surface area contributed by atoms with E-state index >= 15 is 0 Å². The molecule has 2 unspecified atom stereocenters. The summed E-state index contributed by atoms with van der Waals surface area (Å²) in [6, 6.07) is 15.1. The Kier molecular flexibility index (Phi) is 5.87. The lowest BCUT2D eigenvalue weighted by molar-refractivity contribution is 0.101. The van der Waals surface area contributed by atoms with Gasteiger partial charge in [0, 0.05) is 35.5 Å². The second-order valence-electron chi connectivity index (χ2n) is 9.07. The molecule has 0 radical (unpaired) electrons. The first-order valence-electron chi connectivity index (χ1n) is 11.6. The highest BCUT2D eigenvalue weighted by Gasteiger charge is 2.41. The van der Waals surface area contributed by atoms with E-state index in [0.717, 1.165) is 18.5 Å². The number of carbonyl (C=O) groups excluding carboxylic acids is 1. The minimum atomic E-state index is 0.0246. The molecule has 168 valence electrons. The van der Waals surface area contributed by atoms with Gasteiger partial charge in [0.1, 0.15) is 0 Å². The lowest BCUT2D eigenvalue weighted by atomic mass is 9.86. The maximum Gasteiger partial charge on any atom is 0.161 e. The number of para-hydroxylation sites is 1. The summed E-state index contributed by atoms with van der Waals surface area (Å²) >= 11 is 0. The van der Waals surface area contributed by atoms with Crippen molar-refractivity contribution < 1.29 is 14.3 Å². The monoisotopic (exact) mass is 433 g/mol. The van der Waals surface area contributed by atoms with Gasteiger partial charge in [0.15, 0.2) is 17.3 Å². The average Bonchev–Trinajstić information content (AvgIpc) is 3.34. The SMILES string of the molecule is COc1cc(C(C)=O)ccc1OCCCN1C2CCC1CC(c1n[nH]c3ccccc13)C2. The molecule has 3 aromatic rings. The number of benzene rings is 2. The van der Waals surface area contributed by atoms with E-state index in [1.807, 2.05) is 6.07 Å². The Balaban J connectivity index is 1.17. The molecule has 6 nitrogen and oxygen atoms in total. The van der Waals surface area contributed by atoms with E-state index in [0.29, 0.717) is 41.7 Å². The average molecular weight is 434 g/mol. The molecule has 2 aliphatic heterocycles. The largest absolute Gasteiger partial charge is 0.493 e. The van der Waals surface area contributed by atoms with Crippen molar-refractivity contribution in [2.75, 3.05) is 20.3 Å². The molecular formula is C26H31N3O3. The van der Waals surface area contributed by atoms with Gasteiger partial charge in [-0.15, -0.1) is 0 Å². The van der Waals surface area contributed by atoms with E-state index < -0.39 is 0 Å². The second-order valence-corrected chi connectivity index (χ2v) is 9.07. The van der Waals surface area contributed by atoms with Crippen LogP contribution in [0.4, 0.5) is 0 Å². The molecule has 2 aromatic carbocycles. The van der Waals surface area contributed by atoms with Crippen LogP contribution >= 0.6 is 0 Å². The molecule has 2 bridgehead atoms. The summed E-state index contributed by atoms with van der Waals surface area (Å²) in [5.74, 6) is 1.88. The maximum atomic E-state index is 11.6. The molecule has 0 amide bonds. The van der Waals surface area contributed by atoms with E-state index in [1.165, 1.54) is 36.8 Å². The number of ether oxygens (including phenoxy) is 2. The van der Waals surface area contributed by atoms with Gasteiger partial charge in [-0.1, -0.05) is 18.2 Å². The number of nitrogens with one attached hydrogen (secondary N) is 1. The van der Waals surface area contributed by atoms with Crippen molar-refractivity contribution in [2.45, 2.75) is 57.0 Å². The molecule has 1 aromatic heterocycles. The number of piperidine rings is 1. The molecule has 2 atom stereocenters. The number of aromatic amines is 1. The summed E-state index contributed by atoms with van der Waals surface area (Å²) in [7, 11) is 1.61. The Morgan fingerprint density at radius 3 is 2.66 bits per heavy atom. The molecule has 0 spiro atoms. The third-order valence-corrected chi connectivity index (χ3v) is 7.16. The Hall–Kier alpha value is -2.86. The first-order valence-corrected chi connectivity index (χ1v) is 11.6. The minimum absolute atomic E-state index is 0.0246. The van der Waals surface area contributed by atoms with E-state index in [9.17, 15) is 4.79 Å². The minimum Gasteiger partial charge on any atom is -0.493 e. The van der Waals surface area contributed by atoms with Crippen molar-refractivity contribution in [1.29, 1.82) is 0 Å². The number of ketones is 1. The number of rotatable bonds is 8. The number of Topliss-reactive ketones (excluding diaryl/α,β-unsaturated/α-hetero) is 1. The molecular weight excluding hydrogens is 402 g/mol. The van der Waals surface area contributed by atoms with E-state index in [1.54, 1.807) is 26.2 Å². The van der Waals surface area contributed by atoms with Gasteiger partial charge in [-0.3, -0.25) is 14.8 Å². The van der Waals surface area contributed by atoms with Crippen LogP contribution in [0, 0.1) is 0 Å². The van der Waals surface area contributed by atoms with Crippen LogP contribution in [0.3, 0.4) is 0 Å². The van der Waals surface area contributed by atoms with Crippen LogP contribution in [-0.4, -0.2) is 53.2 Å². The van der Waals surface area contributed by atoms with Crippen LogP contribution in [0.1, 0.15) is 61.0 Å². The zero-order valence-electron chi connectivity index (χ0n) is 18.8. The predicted molar refractivity (Wildman–Crippen MR) is 125 cm³/mol. The molecule has 32 heavy (non-hydrogen) atoms. The molecule has 2 saturated heterocycles. The van der Waals surface area contributed by atoms with Crippen molar-refractivity contribution in [3.8, 4) is 11.5 Å². The predicted octanol–water partition coefficient (Wildman–Crippen LogP) is 4.95. The summed E-state index contributed by atoms with van der Waals surface area (Å²) in [4.78, 5) is 14.3. The third kappa shape index (κ3) is 3.99. The van der Waals surface area contributed by atoms with Gasteiger partial charge in [-0.25, -0.2) is 0 Å². The van der Waals surface area contributed by atoms with Gasteiger partial charge in [-0.2, -0.15) is 5.10 Å². The smallest absolute Gasteiger partial charge is 0.161 e. The third-order valence-electron chi connectivity index (χ3n) is 7.16. The van der Waals surface area contributed by atoms with Crippen LogP contribution in [0.5, 0.6) is 11.5 Å². The molecule has 6 heteroatoms. The van der Waals surface area contributed by atoms with Gasteiger partial charge in [0.25, 0.3) is 0 Å². The summed E-state index contributed by atoms with van der Waals surface area (Å²) in [6.45, 7) is 3.25. The van der Waals surface area contributed by atoms with Crippen molar-refractivity contribution in [3.63, 3.8) is 0 Å². The summed E-state index contributed by atoms with van der Waals surface area (Å²) in [5, 5.41) is 9.18. The van der Waals surface area contributed by atoms with E-state index in [-0.39, 0.29) is 5.78 Å². The first-order chi connectivity index (χ1) is 15.6.